The number of carbonyl (C=O) groups excluding carboxylic acids is 1. The molecule has 0 amide bonds. The molecule has 3 aromatic carbocycles. The molecule has 0 radical (unpaired) electrons. The highest BCUT2D eigenvalue weighted by atomic mass is 79.9. The van der Waals surface area contributed by atoms with Gasteiger partial charge in [-0.25, -0.2) is 9.78 Å². The van der Waals surface area contributed by atoms with E-state index in [1.54, 1.807) is 41.0 Å². The van der Waals surface area contributed by atoms with Crippen LogP contribution in [0.5, 0.6) is 11.8 Å². The van der Waals surface area contributed by atoms with Crippen LogP contribution in [0.3, 0.4) is 0 Å². The first-order chi connectivity index (χ1) is 21.3. The van der Waals surface area contributed by atoms with E-state index < -0.39 is 23.9 Å². The average molecular weight is 673 g/mol. The summed E-state index contributed by atoms with van der Waals surface area (Å²) < 4.78 is 13.1. The molecular weight excluding hydrogens is 648 g/mol. The molecular formula is C32H24BrN4O6S-. The molecule has 0 spiro atoms. The van der Waals surface area contributed by atoms with Crippen molar-refractivity contribution >= 4 is 43.3 Å². The van der Waals surface area contributed by atoms with Crippen LogP contribution in [0, 0.1) is 0 Å². The Labute approximate surface area is 262 Å². The second-order valence-corrected chi connectivity index (χ2v) is 11.9. The zero-order valence-corrected chi connectivity index (χ0v) is 26.0. The van der Waals surface area contributed by atoms with Gasteiger partial charge in [0.15, 0.2) is 17.7 Å². The summed E-state index contributed by atoms with van der Waals surface area (Å²) in [6, 6.07) is 21.4. The normalized spacial score (nSPS) is 11.2. The number of fused-ring (bicyclic) bond motifs is 1. The maximum absolute atomic E-state index is 13.9. The minimum atomic E-state index is -0.769. The molecule has 0 N–H and O–H groups in total. The highest BCUT2D eigenvalue weighted by Gasteiger charge is 2.20. The van der Waals surface area contributed by atoms with Gasteiger partial charge in [-0.3, -0.25) is 18.7 Å². The van der Waals surface area contributed by atoms with Crippen molar-refractivity contribution in [2.24, 2.45) is 0 Å². The van der Waals surface area contributed by atoms with Gasteiger partial charge in [-0.1, -0.05) is 59.3 Å². The van der Waals surface area contributed by atoms with E-state index in [-0.39, 0.29) is 18.2 Å². The van der Waals surface area contributed by atoms with Crippen molar-refractivity contribution in [1.29, 1.82) is 0 Å². The number of ketones is 1. The van der Waals surface area contributed by atoms with Gasteiger partial charge in [0.1, 0.15) is 10.6 Å². The maximum Gasteiger partial charge on any atom is 0.332 e. The van der Waals surface area contributed by atoms with E-state index in [0.717, 1.165) is 30.6 Å². The van der Waals surface area contributed by atoms with Crippen LogP contribution in [0.2, 0.25) is 0 Å². The number of aromatic nitrogens is 4. The molecule has 0 aliphatic carbocycles. The van der Waals surface area contributed by atoms with Crippen molar-refractivity contribution in [3.05, 3.63) is 114 Å². The van der Waals surface area contributed by atoms with Crippen molar-refractivity contribution in [3.8, 4) is 34.3 Å². The van der Waals surface area contributed by atoms with Gasteiger partial charge in [0.2, 0.25) is 0 Å². The van der Waals surface area contributed by atoms with Crippen LogP contribution in [0.25, 0.3) is 32.7 Å². The number of benzene rings is 3. The lowest BCUT2D eigenvalue weighted by Gasteiger charge is -2.14. The Hall–Kier alpha value is -4.81. The number of rotatable bonds is 9. The van der Waals surface area contributed by atoms with Gasteiger partial charge >= 0.3 is 5.69 Å². The number of carbonyl (C=O) groups is 1. The molecule has 0 saturated carbocycles. The maximum atomic E-state index is 13.9. The van der Waals surface area contributed by atoms with Crippen LogP contribution < -0.4 is 21.1 Å². The molecule has 0 aliphatic heterocycles. The Morgan fingerprint density at radius 1 is 1.02 bits per heavy atom. The summed E-state index contributed by atoms with van der Waals surface area (Å²) >= 11 is 5.06. The lowest BCUT2D eigenvalue weighted by molar-refractivity contribution is -0.303. The Kier molecular flexibility index (Phi) is 8.02. The van der Waals surface area contributed by atoms with Crippen molar-refractivity contribution in [1.82, 2.24) is 19.3 Å². The van der Waals surface area contributed by atoms with E-state index in [0.29, 0.717) is 33.5 Å². The lowest BCUT2D eigenvalue weighted by atomic mass is 9.98. The number of ether oxygens (including phenoxy) is 1. The molecule has 12 heteroatoms. The van der Waals surface area contributed by atoms with E-state index in [2.05, 4.69) is 30.6 Å². The number of hydrogen-bond donors (Lipinski definition) is 0. The number of Topliss-reactive ketones (excluding diaryl/α,β-unsaturated/α-hetero) is 1. The molecule has 10 nitrogen and oxygen atoms in total. The van der Waals surface area contributed by atoms with Gasteiger partial charge in [-0.05, 0) is 59.5 Å². The quantitative estimate of drug-likeness (QED) is 0.190. The van der Waals surface area contributed by atoms with Crippen LogP contribution in [0.15, 0.2) is 91.4 Å². The van der Waals surface area contributed by atoms with Crippen molar-refractivity contribution in [2.45, 2.75) is 26.4 Å². The van der Waals surface area contributed by atoms with Gasteiger partial charge in [0.05, 0.1) is 25.6 Å². The molecule has 0 atom stereocenters. The number of thiophene rings is 1. The molecule has 222 valence electrons. The number of nitrogens with zero attached hydrogens (tertiary/aromatic N) is 4. The van der Waals surface area contributed by atoms with Gasteiger partial charge in [-0.2, -0.15) is 5.16 Å². The van der Waals surface area contributed by atoms with E-state index in [9.17, 15) is 19.5 Å². The summed E-state index contributed by atoms with van der Waals surface area (Å²) in [5.41, 5.74) is 2.34. The molecule has 3 aromatic heterocycles. The summed E-state index contributed by atoms with van der Waals surface area (Å²) in [7, 11) is 1.53. The summed E-state index contributed by atoms with van der Waals surface area (Å²) in [5, 5.41) is 15.7. The van der Waals surface area contributed by atoms with Crippen LogP contribution in [0.1, 0.15) is 27.7 Å². The summed E-state index contributed by atoms with van der Waals surface area (Å²) in [4.78, 5) is 45.9. The van der Waals surface area contributed by atoms with Crippen molar-refractivity contribution in [3.63, 3.8) is 0 Å². The van der Waals surface area contributed by atoms with Crippen molar-refractivity contribution < 1.29 is 19.2 Å². The minimum absolute atomic E-state index is 0.156. The number of methoxy groups -OCH3 is 1. The topological polar surface area (TPSA) is 132 Å². The van der Waals surface area contributed by atoms with Crippen LogP contribution in [-0.2, 0) is 19.5 Å². The summed E-state index contributed by atoms with van der Waals surface area (Å²) in [6.07, 6.45) is -0.0704. The fraction of sp³-hybridized carbons (Fsp3) is 0.156. The third-order valence-corrected chi connectivity index (χ3v) is 9.32. The summed E-state index contributed by atoms with van der Waals surface area (Å²) in [6.45, 7) is 1.75. The average Bonchev–Trinajstić information content (AvgIpc) is 3.68. The van der Waals surface area contributed by atoms with Crippen LogP contribution >= 0.6 is 27.3 Å². The van der Waals surface area contributed by atoms with E-state index in [1.807, 2.05) is 43.3 Å². The molecule has 0 aliphatic rings. The molecule has 3 heterocycles. The van der Waals surface area contributed by atoms with E-state index >= 15 is 0 Å². The molecule has 0 fully saturated rings. The fourth-order valence-electron chi connectivity index (χ4n) is 4.98. The predicted octanol–water partition coefficient (Wildman–Crippen LogP) is 5.28. The smallest absolute Gasteiger partial charge is 0.332 e. The standard InChI is InChI=1S/C32H25BrN4O6S/c1-3-22-15-25-29(39)36(17-27(38)18-10-12-21(42-2)13-11-18)32(41)37(30(25)44-22)16-20-9-8-19(14-26(20)33)23-6-4-5-7-24(23)28-34-31(40)43-35-28/h4-15H,3,16-17H2,1-2H3,(H,34,35,40)/p-1. The van der Waals surface area contributed by atoms with Crippen molar-refractivity contribution in [2.75, 3.05) is 7.11 Å². The third-order valence-electron chi connectivity index (χ3n) is 7.28. The molecule has 6 rings (SSSR count). The third kappa shape index (κ3) is 5.49. The largest absolute Gasteiger partial charge is 0.528 e. The number of hydrogen-bond acceptors (Lipinski definition) is 9. The fourth-order valence-corrected chi connectivity index (χ4v) is 6.56. The second kappa shape index (κ2) is 12.1. The first kappa shape index (κ1) is 29.3. The monoisotopic (exact) mass is 671 g/mol. The molecule has 44 heavy (non-hydrogen) atoms. The van der Waals surface area contributed by atoms with Crippen LogP contribution in [0.4, 0.5) is 0 Å². The molecule has 6 aromatic rings. The second-order valence-electron chi connectivity index (χ2n) is 9.93. The zero-order valence-electron chi connectivity index (χ0n) is 23.6. The number of halogens is 1. The molecule has 0 unspecified atom stereocenters. The first-order valence-corrected chi connectivity index (χ1v) is 15.2. The Bertz CT molecular complexity index is 2150. The predicted molar refractivity (Wildman–Crippen MR) is 168 cm³/mol. The zero-order chi connectivity index (χ0) is 31.0. The van der Waals surface area contributed by atoms with E-state index in [4.69, 9.17) is 4.74 Å². The number of aryl methyl sites for hydroxylation is 1. The molecule has 0 bridgehead atoms. The minimum Gasteiger partial charge on any atom is -0.528 e. The Morgan fingerprint density at radius 2 is 1.77 bits per heavy atom. The summed E-state index contributed by atoms with van der Waals surface area (Å²) in [5.74, 6) is 0.425. The molecule has 0 saturated heterocycles. The van der Waals surface area contributed by atoms with E-state index in [1.165, 1.54) is 18.4 Å². The first-order valence-electron chi connectivity index (χ1n) is 13.6. The Balaban J connectivity index is 1.39. The SMILES string of the molecule is CCc1cc2c(=O)n(CC(=O)c3ccc(OC)cc3)c(=O)n(Cc3ccc(-c4ccccc4-c4noc([O-])n4)cc3Br)c2s1. The highest BCUT2D eigenvalue weighted by molar-refractivity contribution is 9.10. The van der Waals surface area contributed by atoms with Gasteiger partial charge in [0, 0.05) is 20.5 Å². The van der Waals surface area contributed by atoms with Crippen LogP contribution in [-0.4, -0.2) is 32.2 Å². The van der Waals surface area contributed by atoms with Gasteiger partial charge in [-0.15, -0.1) is 11.3 Å². The Morgan fingerprint density at radius 3 is 2.43 bits per heavy atom. The van der Waals surface area contributed by atoms with Gasteiger partial charge < -0.3 is 14.4 Å². The van der Waals surface area contributed by atoms with Gasteiger partial charge in [0.25, 0.3) is 5.56 Å². The highest BCUT2D eigenvalue weighted by Crippen LogP contribution is 2.34. The lowest BCUT2D eigenvalue weighted by Crippen LogP contribution is -2.41.